The largest absolute Gasteiger partial charge is 0.492 e. The average Bonchev–Trinajstić information content (AvgIpc) is 2.63. The van der Waals surface area contributed by atoms with Gasteiger partial charge in [0, 0.05) is 18.8 Å². The van der Waals surface area contributed by atoms with Crippen molar-refractivity contribution >= 4 is 23.5 Å². The number of rotatable bonds is 4. The van der Waals surface area contributed by atoms with Crippen LogP contribution < -0.4 is 15.4 Å². The summed E-state index contributed by atoms with van der Waals surface area (Å²) in [5, 5.41) is 14.7. The van der Waals surface area contributed by atoms with E-state index in [1.165, 1.54) is 4.90 Å². The zero-order chi connectivity index (χ0) is 18.5. The first-order valence-corrected chi connectivity index (χ1v) is 8.46. The molecule has 0 aromatic heterocycles. The van der Waals surface area contributed by atoms with Gasteiger partial charge in [-0.05, 0) is 48.7 Å². The van der Waals surface area contributed by atoms with Gasteiger partial charge < -0.3 is 25.4 Å². The maximum Gasteiger partial charge on any atom is 0.407 e. The van der Waals surface area contributed by atoms with Crippen molar-refractivity contribution in [3.63, 3.8) is 0 Å². The topological polar surface area (TPSA) is 90.9 Å². The van der Waals surface area contributed by atoms with E-state index in [-0.39, 0.29) is 6.03 Å². The number of para-hydroxylation sites is 2. The second kappa shape index (κ2) is 7.77. The van der Waals surface area contributed by atoms with Crippen molar-refractivity contribution in [2.45, 2.75) is 19.9 Å². The normalized spacial score (nSPS) is 12.9. The molecule has 136 valence electrons. The van der Waals surface area contributed by atoms with E-state index in [2.05, 4.69) is 10.6 Å². The Labute approximate surface area is 151 Å². The fraction of sp³-hybridized carbons (Fsp3) is 0.263. The summed E-state index contributed by atoms with van der Waals surface area (Å²) in [6, 6.07) is 12.4. The van der Waals surface area contributed by atoms with Crippen LogP contribution in [0.3, 0.4) is 0 Å². The molecule has 7 nitrogen and oxygen atoms in total. The van der Waals surface area contributed by atoms with Gasteiger partial charge in [0.15, 0.2) is 0 Å². The minimum atomic E-state index is -0.912. The number of benzene rings is 2. The Morgan fingerprint density at radius 3 is 2.73 bits per heavy atom. The van der Waals surface area contributed by atoms with Crippen LogP contribution in [0.25, 0.3) is 0 Å². The first kappa shape index (κ1) is 17.6. The van der Waals surface area contributed by atoms with Crippen molar-refractivity contribution in [1.82, 2.24) is 4.90 Å². The molecule has 3 rings (SSSR count). The van der Waals surface area contributed by atoms with E-state index in [4.69, 9.17) is 9.84 Å². The number of hydrogen-bond acceptors (Lipinski definition) is 3. The standard InChI is InChI=1S/C19H21N3O4/c1-2-26-17-6-4-3-5-16(17)21-18(23)20-15-8-7-14-12-22(19(24)25)10-9-13(14)11-15/h3-8,11H,2,9-10,12H2,1H3,(H,24,25)(H2,20,21,23). The lowest BCUT2D eigenvalue weighted by molar-refractivity contribution is 0.140. The van der Waals surface area contributed by atoms with Crippen molar-refractivity contribution in [3.8, 4) is 5.75 Å². The van der Waals surface area contributed by atoms with Crippen LogP contribution in [0.4, 0.5) is 21.0 Å². The summed E-state index contributed by atoms with van der Waals surface area (Å²) < 4.78 is 5.50. The van der Waals surface area contributed by atoms with E-state index in [1.54, 1.807) is 18.2 Å². The van der Waals surface area contributed by atoms with Crippen LogP contribution >= 0.6 is 0 Å². The molecule has 1 aliphatic heterocycles. The first-order chi connectivity index (χ1) is 12.6. The van der Waals surface area contributed by atoms with Crippen molar-refractivity contribution in [2.75, 3.05) is 23.8 Å². The van der Waals surface area contributed by atoms with Gasteiger partial charge >= 0.3 is 12.1 Å². The van der Waals surface area contributed by atoms with Crippen LogP contribution in [0.15, 0.2) is 42.5 Å². The predicted molar refractivity (Wildman–Crippen MR) is 98.8 cm³/mol. The third kappa shape index (κ3) is 4.05. The molecule has 0 saturated carbocycles. The number of nitrogens with one attached hydrogen (secondary N) is 2. The van der Waals surface area contributed by atoms with Gasteiger partial charge in [-0.25, -0.2) is 9.59 Å². The van der Waals surface area contributed by atoms with Crippen molar-refractivity contribution in [1.29, 1.82) is 0 Å². The Hall–Kier alpha value is -3.22. The highest BCUT2D eigenvalue weighted by Crippen LogP contribution is 2.25. The maximum absolute atomic E-state index is 12.3. The Morgan fingerprint density at radius 2 is 1.96 bits per heavy atom. The summed E-state index contributed by atoms with van der Waals surface area (Å²) in [6.07, 6.45) is -0.281. The summed E-state index contributed by atoms with van der Waals surface area (Å²) in [7, 11) is 0. The van der Waals surface area contributed by atoms with Gasteiger partial charge in [-0.3, -0.25) is 0 Å². The fourth-order valence-corrected chi connectivity index (χ4v) is 2.93. The number of ether oxygens (including phenoxy) is 1. The molecular weight excluding hydrogens is 334 g/mol. The van der Waals surface area contributed by atoms with Gasteiger partial charge in [-0.15, -0.1) is 0 Å². The molecule has 0 unspecified atom stereocenters. The van der Waals surface area contributed by atoms with E-state index in [0.29, 0.717) is 43.2 Å². The molecule has 0 bridgehead atoms. The summed E-state index contributed by atoms with van der Waals surface area (Å²) in [6.45, 7) is 3.23. The number of amides is 3. The van der Waals surface area contributed by atoms with E-state index in [0.717, 1.165) is 11.1 Å². The first-order valence-electron chi connectivity index (χ1n) is 8.46. The molecule has 0 fully saturated rings. The van der Waals surface area contributed by atoms with Gasteiger partial charge in [0.05, 0.1) is 12.3 Å². The quantitative estimate of drug-likeness (QED) is 0.779. The van der Waals surface area contributed by atoms with Gasteiger partial charge in [0.1, 0.15) is 5.75 Å². The smallest absolute Gasteiger partial charge is 0.407 e. The number of carbonyl (C=O) groups excluding carboxylic acids is 1. The molecule has 2 aromatic carbocycles. The number of anilines is 2. The summed E-state index contributed by atoms with van der Waals surface area (Å²) in [5.74, 6) is 0.615. The highest BCUT2D eigenvalue weighted by atomic mass is 16.5. The van der Waals surface area contributed by atoms with E-state index < -0.39 is 6.09 Å². The molecule has 0 atom stereocenters. The monoisotopic (exact) mass is 355 g/mol. The lowest BCUT2D eigenvalue weighted by Crippen LogP contribution is -2.34. The minimum absolute atomic E-state index is 0.361. The third-order valence-corrected chi connectivity index (χ3v) is 4.18. The van der Waals surface area contributed by atoms with Crippen molar-refractivity contribution in [2.24, 2.45) is 0 Å². The number of carboxylic acid groups (broad SMARTS) is 1. The molecule has 7 heteroatoms. The van der Waals surface area contributed by atoms with Gasteiger partial charge in [-0.2, -0.15) is 0 Å². The van der Waals surface area contributed by atoms with Crippen molar-refractivity contribution in [3.05, 3.63) is 53.6 Å². The van der Waals surface area contributed by atoms with E-state index in [9.17, 15) is 9.59 Å². The molecule has 0 spiro atoms. The summed E-state index contributed by atoms with van der Waals surface area (Å²) >= 11 is 0. The van der Waals surface area contributed by atoms with Crippen LogP contribution in [-0.2, 0) is 13.0 Å². The third-order valence-electron chi connectivity index (χ3n) is 4.18. The molecule has 1 heterocycles. The highest BCUT2D eigenvalue weighted by Gasteiger charge is 2.20. The molecule has 2 aromatic rings. The van der Waals surface area contributed by atoms with Gasteiger partial charge in [0.2, 0.25) is 0 Å². The number of urea groups is 1. The Balaban J connectivity index is 1.66. The number of hydrogen-bond donors (Lipinski definition) is 3. The zero-order valence-corrected chi connectivity index (χ0v) is 14.5. The number of fused-ring (bicyclic) bond motifs is 1. The SMILES string of the molecule is CCOc1ccccc1NC(=O)Nc1ccc2c(c1)CCN(C(=O)O)C2. The molecular formula is C19H21N3O4. The van der Waals surface area contributed by atoms with Crippen LogP contribution in [-0.4, -0.2) is 35.3 Å². The average molecular weight is 355 g/mol. The molecule has 0 saturated heterocycles. The number of carbonyl (C=O) groups is 2. The summed E-state index contributed by atoms with van der Waals surface area (Å²) in [4.78, 5) is 24.7. The van der Waals surface area contributed by atoms with E-state index >= 15 is 0 Å². The highest BCUT2D eigenvalue weighted by molar-refractivity contribution is 6.00. The molecule has 26 heavy (non-hydrogen) atoms. The van der Waals surface area contributed by atoms with Crippen LogP contribution in [0, 0.1) is 0 Å². The maximum atomic E-state index is 12.3. The van der Waals surface area contributed by atoms with E-state index in [1.807, 2.05) is 31.2 Å². The lowest BCUT2D eigenvalue weighted by atomic mass is 9.99. The zero-order valence-electron chi connectivity index (χ0n) is 14.5. The Bertz CT molecular complexity index is 822. The fourth-order valence-electron chi connectivity index (χ4n) is 2.93. The van der Waals surface area contributed by atoms with Crippen LogP contribution in [0.5, 0.6) is 5.75 Å². The second-order valence-electron chi connectivity index (χ2n) is 5.95. The molecule has 3 N–H and O–H groups in total. The molecule has 0 aliphatic carbocycles. The predicted octanol–water partition coefficient (Wildman–Crippen LogP) is 3.77. The van der Waals surface area contributed by atoms with Crippen LogP contribution in [0.1, 0.15) is 18.1 Å². The van der Waals surface area contributed by atoms with Crippen LogP contribution in [0.2, 0.25) is 0 Å². The second-order valence-corrected chi connectivity index (χ2v) is 5.95. The van der Waals surface area contributed by atoms with Gasteiger partial charge in [-0.1, -0.05) is 18.2 Å². The lowest BCUT2D eigenvalue weighted by Gasteiger charge is -2.26. The summed E-state index contributed by atoms with van der Waals surface area (Å²) in [5.41, 5.74) is 3.28. The van der Waals surface area contributed by atoms with Crippen molar-refractivity contribution < 1.29 is 19.4 Å². The minimum Gasteiger partial charge on any atom is -0.492 e. The Kier molecular flexibility index (Phi) is 5.26. The van der Waals surface area contributed by atoms with Gasteiger partial charge in [0.25, 0.3) is 0 Å². The Morgan fingerprint density at radius 1 is 1.15 bits per heavy atom. The molecule has 0 radical (unpaired) electrons. The molecule has 1 aliphatic rings. The molecule has 3 amide bonds. The number of nitrogens with zero attached hydrogens (tertiary/aromatic N) is 1.